The van der Waals surface area contributed by atoms with Crippen LogP contribution in [0.3, 0.4) is 0 Å². The molecule has 0 aliphatic carbocycles. The predicted octanol–water partition coefficient (Wildman–Crippen LogP) is 2.51. The SMILES string of the molecule is CC1(C)CC(NC(=O)Nc2ccccn2)CC(C)(C)N1. The molecule has 0 bridgehead atoms. The maximum Gasteiger partial charge on any atom is 0.320 e. The van der Waals surface area contributed by atoms with Crippen LogP contribution in [0.25, 0.3) is 0 Å². The number of rotatable bonds is 2. The van der Waals surface area contributed by atoms with Gasteiger partial charge in [0.1, 0.15) is 5.82 Å². The van der Waals surface area contributed by atoms with Gasteiger partial charge in [0.25, 0.3) is 0 Å². The highest BCUT2D eigenvalue weighted by molar-refractivity contribution is 5.88. The predicted molar refractivity (Wildman–Crippen MR) is 80.7 cm³/mol. The normalized spacial score (nSPS) is 21.2. The molecule has 1 aliphatic rings. The molecule has 1 aromatic rings. The lowest BCUT2D eigenvalue weighted by molar-refractivity contribution is 0.149. The molecule has 5 heteroatoms. The van der Waals surface area contributed by atoms with E-state index in [1.165, 1.54) is 0 Å². The van der Waals surface area contributed by atoms with Crippen LogP contribution in [-0.2, 0) is 0 Å². The number of piperidine rings is 1. The summed E-state index contributed by atoms with van der Waals surface area (Å²) < 4.78 is 0. The van der Waals surface area contributed by atoms with Gasteiger partial charge in [-0.05, 0) is 52.7 Å². The van der Waals surface area contributed by atoms with Crippen molar-refractivity contribution in [3.63, 3.8) is 0 Å². The van der Waals surface area contributed by atoms with Crippen LogP contribution in [0.2, 0.25) is 0 Å². The molecule has 0 spiro atoms. The first-order valence-electron chi connectivity index (χ1n) is 7.04. The summed E-state index contributed by atoms with van der Waals surface area (Å²) in [5, 5.41) is 9.41. The number of nitrogens with zero attached hydrogens (tertiary/aromatic N) is 1. The number of hydrogen-bond donors (Lipinski definition) is 3. The second kappa shape index (κ2) is 5.40. The molecule has 5 nitrogen and oxygen atoms in total. The van der Waals surface area contributed by atoms with Gasteiger partial charge in [0, 0.05) is 23.3 Å². The summed E-state index contributed by atoms with van der Waals surface area (Å²) in [5.74, 6) is 0.567. The van der Waals surface area contributed by atoms with E-state index in [1.54, 1.807) is 12.3 Å². The number of aromatic nitrogens is 1. The molecule has 2 amide bonds. The Bertz CT molecular complexity index is 454. The molecule has 20 heavy (non-hydrogen) atoms. The van der Waals surface area contributed by atoms with Crippen LogP contribution in [0, 0.1) is 0 Å². The molecule has 0 saturated carbocycles. The average Bonchev–Trinajstić information content (AvgIpc) is 2.25. The second-order valence-corrected chi connectivity index (χ2v) is 6.81. The van der Waals surface area contributed by atoms with E-state index in [4.69, 9.17) is 0 Å². The maximum atomic E-state index is 12.0. The monoisotopic (exact) mass is 276 g/mol. The van der Waals surface area contributed by atoms with Crippen molar-refractivity contribution in [1.29, 1.82) is 0 Å². The quantitative estimate of drug-likeness (QED) is 0.777. The Labute approximate surface area is 120 Å². The van der Waals surface area contributed by atoms with Gasteiger partial charge >= 0.3 is 6.03 Å². The highest BCUT2D eigenvalue weighted by atomic mass is 16.2. The Morgan fingerprint density at radius 2 is 1.90 bits per heavy atom. The van der Waals surface area contributed by atoms with Crippen molar-refractivity contribution in [2.24, 2.45) is 0 Å². The van der Waals surface area contributed by atoms with Gasteiger partial charge in [-0.3, -0.25) is 5.32 Å². The molecule has 110 valence electrons. The summed E-state index contributed by atoms with van der Waals surface area (Å²) in [6.07, 6.45) is 3.48. The number of carbonyl (C=O) groups is 1. The van der Waals surface area contributed by atoms with E-state index < -0.39 is 0 Å². The second-order valence-electron chi connectivity index (χ2n) is 6.81. The third-order valence-electron chi connectivity index (χ3n) is 3.43. The van der Waals surface area contributed by atoms with Crippen molar-refractivity contribution < 1.29 is 4.79 Å². The minimum absolute atomic E-state index is 0.0185. The molecule has 0 unspecified atom stereocenters. The van der Waals surface area contributed by atoms with Gasteiger partial charge in [-0.1, -0.05) is 6.07 Å². The Balaban J connectivity index is 1.94. The van der Waals surface area contributed by atoms with Crippen molar-refractivity contribution in [2.45, 2.75) is 57.7 Å². The number of carbonyl (C=O) groups excluding carboxylic acids is 1. The summed E-state index contributed by atoms with van der Waals surface area (Å²) >= 11 is 0. The Morgan fingerprint density at radius 3 is 2.45 bits per heavy atom. The lowest BCUT2D eigenvalue weighted by Crippen LogP contribution is -2.62. The van der Waals surface area contributed by atoms with Crippen LogP contribution in [0.1, 0.15) is 40.5 Å². The zero-order valence-corrected chi connectivity index (χ0v) is 12.7. The van der Waals surface area contributed by atoms with Crippen LogP contribution in [0.5, 0.6) is 0 Å². The summed E-state index contributed by atoms with van der Waals surface area (Å²) in [5.41, 5.74) is 0.0371. The summed E-state index contributed by atoms with van der Waals surface area (Å²) in [6, 6.07) is 5.41. The molecule has 1 aromatic heterocycles. The first-order chi connectivity index (χ1) is 9.26. The van der Waals surface area contributed by atoms with Gasteiger partial charge in [0.05, 0.1) is 0 Å². The summed E-state index contributed by atoms with van der Waals surface area (Å²) in [6.45, 7) is 8.66. The fourth-order valence-electron chi connectivity index (χ4n) is 3.20. The first-order valence-corrected chi connectivity index (χ1v) is 7.04. The van der Waals surface area contributed by atoms with Gasteiger partial charge in [-0.15, -0.1) is 0 Å². The minimum Gasteiger partial charge on any atom is -0.335 e. The van der Waals surface area contributed by atoms with Crippen molar-refractivity contribution >= 4 is 11.8 Å². The molecule has 1 saturated heterocycles. The van der Waals surface area contributed by atoms with Crippen LogP contribution < -0.4 is 16.0 Å². The number of pyridine rings is 1. The molecule has 0 aromatic carbocycles. The third kappa shape index (κ3) is 4.20. The largest absolute Gasteiger partial charge is 0.335 e. The number of nitrogens with one attached hydrogen (secondary N) is 3. The minimum atomic E-state index is -0.192. The zero-order chi connectivity index (χ0) is 14.8. The topological polar surface area (TPSA) is 66.0 Å². The molecule has 0 atom stereocenters. The fraction of sp³-hybridized carbons (Fsp3) is 0.600. The van der Waals surface area contributed by atoms with Gasteiger partial charge in [-0.25, -0.2) is 9.78 Å². The summed E-state index contributed by atoms with van der Waals surface area (Å²) in [4.78, 5) is 16.1. The standard InChI is InChI=1S/C15H24N4O/c1-14(2)9-11(10-15(3,4)19-14)17-13(20)18-12-7-5-6-8-16-12/h5-8,11,19H,9-10H2,1-4H3,(H2,16,17,18,20). The molecule has 1 aliphatic heterocycles. The van der Waals surface area contributed by atoms with E-state index in [-0.39, 0.29) is 23.2 Å². The highest BCUT2D eigenvalue weighted by Gasteiger charge is 2.38. The molecular formula is C15H24N4O. The molecule has 1 fully saturated rings. The first kappa shape index (κ1) is 14.8. The van der Waals surface area contributed by atoms with E-state index in [1.807, 2.05) is 12.1 Å². The van der Waals surface area contributed by atoms with E-state index in [0.717, 1.165) is 12.8 Å². The van der Waals surface area contributed by atoms with Crippen molar-refractivity contribution in [3.8, 4) is 0 Å². The third-order valence-corrected chi connectivity index (χ3v) is 3.43. The van der Waals surface area contributed by atoms with Crippen LogP contribution >= 0.6 is 0 Å². The van der Waals surface area contributed by atoms with Crippen molar-refractivity contribution in [1.82, 2.24) is 15.6 Å². The van der Waals surface area contributed by atoms with Crippen molar-refractivity contribution in [3.05, 3.63) is 24.4 Å². The van der Waals surface area contributed by atoms with Crippen LogP contribution in [-0.4, -0.2) is 28.1 Å². The summed E-state index contributed by atoms with van der Waals surface area (Å²) in [7, 11) is 0. The Hall–Kier alpha value is -1.62. The molecular weight excluding hydrogens is 252 g/mol. The van der Waals surface area contributed by atoms with E-state index >= 15 is 0 Å². The average molecular weight is 276 g/mol. The van der Waals surface area contributed by atoms with E-state index in [2.05, 4.69) is 48.6 Å². The van der Waals surface area contributed by atoms with Gasteiger partial charge in [0.15, 0.2) is 0 Å². The number of urea groups is 1. The van der Waals surface area contributed by atoms with E-state index in [9.17, 15) is 4.79 Å². The highest BCUT2D eigenvalue weighted by Crippen LogP contribution is 2.28. The fourth-order valence-corrected chi connectivity index (χ4v) is 3.20. The molecule has 2 rings (SSSR count). The molecule has 2 heterocycles. The maximum absolute atomic E-state index is 12.0. The van der Waals surface area contributed by atoms with E-state index in [0.29, 0.717) is 5.82 Å². The van der Waals surface area contributed by atoms with Crippen molar-refractivity contribution in [2.75, 3.05) is 5.32 Å². The van der Waals surface area contributed by atoms with Crippen LogP contribution in [0.15, 0.2) is 24.4 Å². The number of anilines is 1. The lowest BCUT2D eigenvalue weighted by Gasteiger charge is -2.46. The van der Waals surface area contributed by atoms with Gasteiger partial charge in [-0.2, -0.15) is 0 Å². The Kier molecular flexibility index (Phi) is 3.99. The number of amides is 2. The molecule has 3 N–H and O–H groups in total. The zero-order valence-electron chi connectivity index (χ0n) is 12.7. The lowest BCUT2D eigenvalue weighted by atomic mass is 9.80. The van der Waals surface area contributed by atoms with Gasteiger partial charge < -0.3 is 10.6 Å². The van der Waals surface area contributed by atoms with Crippen LogP contribution in [0.4, 0.5) is 10.6 Å². The number of hydrogen-bond acceptors (Lipinski definition) is 3. The van der Waals surface area contributed by atoms with Gasteiger partial charge in [0.2, 0.25) is 0 Å². The molecule has 0 radical (unpaired) electrons. The Morgan fingerprint density at radius 1 is 1.25 bits per heavy atom. The smallest absolute Gasteiger partial charge is 0.320 e.